The minimum Gasteiger partial charge on any atom is -0.494 e. The van der Waals surface area contributed by atoms with Crippen molar-refractivity contribution in [3.05, 3.63) is 29.8 Å². The van der Waals surface area contributed by atoms with E-state index in [2.05, 4.69) is 5.32 Å². The summed E-state index contributed by atoms with van der Waals surface area (Å²) in [7, 11) is 0. The Kier molecular flexibility index (Phi) is 4.19. The number of carbonyl (C=O) groups excluding carboxylic acids is 2. The third-order valence-electron chi connectivity index (χ3n) is 4.56. The second-order valence-corrected chi connectivity index (χ2v) is 6.44. The predicted molar refractivity (Wildman–Crippen MR) is 83.1 cm³/mol. The molecule has 2 saturated heterocycles. The number of ether oxygens (including phenoxy) is 1. The van der Waals surface area contributed by atoms with Gasteiger partial charge in [-0.25, -0.2) is 8.78 Å². The van der Waals surface area contributed by atoms with Gasteiger partial charge in [0.15, 0.2) is 0 Å². The summed E-state index contributed by atoms with van der Waals surface area (Å²) in [5.41, 5.74) is -0.901. The number of likely N-dealkylation sites (tertiary alicyclic amines) is 1. The second-order valence-electron chi connectivity index (χ2n) is 6.44. The van der Waals surface area contributed by atoms with Gasteiger partial charge in [0, 0.05) is 25.1 Å². The Balaban J connectivity index is 1.86. The molecule has 2 aliphatic heterocycles. The normalized spacial score (nSPS) is 25.6. The van der Waals surface area contributed by atoms with E-state index in [-0.39, 0.29) is 18.0 Å². The fourth-order valence-corrected chi connectivity index (χ4v) is 3.55. The number of halogens is 2. The van der Waals surface area contributed by atoms with Crippen molar-refractivity contribution < 1.29 is 23.1 Å². The van der Waals surface area contributed by atoms with Crippen LogP contribution in [0.5, 0.6) is 5.75 Å². The third kappa shape index (κ3) is 3.07. The van der Waals surface area contributed by atoms with Crippen LogP contribution in [0.4, 0.5) is 8.78 Å². The number of carbonyl (C=O) groups is 2. The summed E-state index contributed by atoms with van der Waals surface area (Å²) >= 11 is 0. The van der Waals surface area contributed by atoms with Gasteiger partial charge in [-0.05, 0) is 31.5 Å². The lowest BCUT2D eigenvalue weighted by Crippen LogP contribution is -2.56. The van der Waals surface area contributed by atoms with Gasteiger partial charge in [0.25, 0.3) is 11.8 Å². The van der Waals surface area contributed by atoms with Crippen LogP contribution in [-0.4, -0.2) is 48.9 Å². The quantitative estimate of drug-likeness (QED) is 0.918. The van der Waals surface area contributed by atoms with Gasteiger partial charge >= 0.3 is 0 Å². The van der Waals surface area contributed by atoms with E-state index in [0.717, 1.165) is 4.90 Å². The maximum Gasteiger partial charge on any atom is 0.266 e. The van der Waals surface area contributed by atoms with E-state index in [4.69, 9.17) is 4.74 Å². The Hall–Kier alpha value is -2.18. The number of amides is 2. The van der Waals surface area contributed by atoms with Crippen molar-refractivity contribution in [3.63, 3.8) is 0 Å². The molecular formula is C17H20F2N2O3. The van der Waals surface area contributed by atoms with Crippen LogP contribution in [0.2, 0.25) is 0 Å². The summed E-state index contributed by atoms with van der Waals surface area (Å²) < 4.78 is 33.8. The number of piperidine rings is 1. The first kappa shape index (κ1) is 16.7. The van der Waals surface area contributed by atoms with Gasteiger partial charge in [0.2, 0.25) is 5.91 Å². The van der Waals surface area contributed by atoms with Gasteiger partial charge in [0.05, 0.1) is 18.6 Å². The molecule has 3 rings (SSSR count). The number of nitrogens with one attached hydrogen (secondary N) is 1. The van der Waals surface area contributed by atoms with Crippen molar-refractivity contribution in [3.8, 4) is 5.75 Å². The number of nitrogens with zero attached hydrogens (tertiary/aromatic N) is 1. The molecule has 0 aromatic heterocycles. The van der Waals surface area contributed by atoms with Crippen LogP contribution in [0.1, 0.15) is 30.1 Å². The maximum atomic E-state index is 14.2. The van der Waals surface area contributed by atoms with E-state index in [1.54, 1.807) is 24.3 Å². The van der Waals surface area contributed by atoms with Crippen LogP contribution in [0, 0.1) is 5.41 Å². The molecule has 24 heavy (non-hydrogen) atoms. The number of alkyl halides is 2. The van der Waals surface area contributed by atoms with Gasteiger partial charge < -0.3 is 15.0 Å². The molecular weight excluding hydrogens is 318 g/mol. The Morgan fingerprint density at radius 1 is 1.38 bits per heavy atom. The molecule has 0 aliphatic carbocycles. The molecule has 0 unspecified atom stereocenters. The largest absolute Gasteiger partial charge is 0.494 e. The minimum absolute atomic E-state index is 0.0200. The molecule has 0 saturated carbocycles. The molecule has 130 valence electrons. The summed E-state index contributed by atoms with van der Waals surface area (Å²) in [6.07, 6.45) is -0.182. The first-order chi connectivity index (χ1) is 11.4. The Morgan fingerprint density at radius 2 is 2.17 bits per heavy atom. The summed E-state index contributed by atoms with van der Waals surface area (Å²) in [6.45, 7) is 1.99. The van der Waals surface area contributed by atoms with Crippen molar-refractivity contribution in [2.75, 3.05) is 26.2 Å². The van der Waals surface area contributed by atoms with Crippen molar-refractivity contribution in [2.45, 2.75) is 25.7 Å². The van der Waals surface area contributed by atoms with E-state index in [9.17, 15) is 18.4 Å². The zero-order valence-electron chi connectivity index (χ0n) is 13.5. The molecule has 0 radical (unpaired) electrons. The molecule has 1 N–H and O–H groups in total. The lowest BCUT2D eigenvalue weighted by atomic mass is 9.77. The fraction of sp³-hybridized carbons (Fsp3) is 0.529. The molecule has 2 amide bonds. The van der Waals surface area contributed by atoms with E-state index < -0.39 is 30.2 Å². The van der Waals surface area contributed by atoms with Crippen LogP contribution in [0.25, 0.3) is 0 Å². The van der Waals surface area contributed by atoms with Crippen molar-refractivity contribution in [1.29, 1.82) is 0 Å². The molecule has 2 aliphatic rings. The molecule has 1 atom stereocenters. The molecule has 5 nitrogen and oxygen atoms in total. The molecule has 7 heteroatoms. The zero-order valence-corrected chi connectivity index (χ0v) is 13.5. The predicted octanol–water partition coefficient (Wildman–Crippen LogP) is 2.07. The highest BCUT2D eigenvalue weighted by Gasteiger charge is 2.55. The zero-order chi connectivity index (χ0) is 17.4. The van der Waals surface area contributed by atoms with Crippen LogP contribution < -0.4 is 10.1 Å². The fourth-order valence-electron chi connectivity index (χ4n) is 3.55. The molecule has 0 bridgehead atoms. The molecule has 1 spiro atoms. The summed E-state index contributed by atoms with van der Waals surface area (Å²) in [4.78, 5) is 25.9. The monoisotopic (exact) mass is 338 g/mol. The van der Waals surface area contributed by atoms with Crippen molar-refractivity contribution >= 4 is 11.8 Å². The van der Waals surface area contributed by atoms with E-state index >= 15 is 0 Å². The lowest BCUT2D eigenvalue weighted by Gasteiger charge is -2.42. The molecule has 1 aromatic carbocycles. The maximum absolute atomic E-state index is 14.2. The standard InChI is InChI=1S/C17H20F2N2O3/c1-2-24-13-5-3-4-12(8-13)14(22)21-10-16(6-7-20-15(16)23)9-17(18,19)11-21/h3-5,8H,2,6-7,9-11H2,1H3,(H,20,23)/t16-/m1/s1. The van der Waals surface area contributed by atoms with E-state index in [0.29, 0.717) is 25.3 Å². The van der Waals surface area contributed by atoms with Gasteiger partial charge in [-0.15, -0.1) is 0 Å². The molecule has 2 fully saturated rings. The van der Waals surface area contributed by atoms with Gasteiger partial charge in [-0.2, -0.15) is 0 Å². The number of hydrogen-bond acceptors (Lipinski definition) is 3. The second kappa shape index (κ2) is 6.03. The first-order valence-corrected chi connectivity index (χ1v) is 8.03. The van der Waals surface area contributed by atoms with Crippen LogP contribution in [0.15, 0.2) is 24.3 Å². The Morgan fingerprint density at radius 3 is 2.83 bits per heavy atom. The number of rotatable bonds is 3. The van der Waals surface area contributed by atoms with E-state index in [1.807, 2.05) is 6.92 Å². The molecule has 1 aromatic rings. The minimum atomic E-state index is -3.08. The lowest BCUT2D eigenvalue weighted by molar-refractivity contribution is -0.144. The average Bonchev–Trinajstić information content (AvgIpc) is 2.85. The SMILES string of the molecule is CCOc1cccc(C(=O)N2CC(F)(F)C[C@]3(CCNC3=O)C2)c1. The van der Waals surface area contributed by atoms with Crippen LogP contribution >= 0.6 is 0 Å². The number of hydrogen-bond donors (Lipinski definition) is 1. The van der Waals surface area contributed by atoms with Crippen molar-refractivity contribution in [2.24, 2.45) is 5.41 Å². The van der Waals surface area contributed by atoms with Gasteiger partial charge in [-0.3, -0.25) is 9.59 Å². The smallest absolute Gasteiger partial charge is 0.266 e. The number of benzene rings is 1. The van der Waals surface area contributed by atoms with E-state index in [1.165, 1.54) is 0 Å². The van der Waals surface area contributed by atoms with Gasteiger partial charge in [-0.1, -0.05) is 6.07 Å². The highest BCUT2D eigenvalue weighted by atomic mass is 19.3. The highest BCUT2D eigenvalue weighted by Crippen LogP contribution is 2.43. The van der Waals surface area contributed by atoms with Gasteiger partial charge in [0.1, 0.15) is 5.75 Å². The Labute approximate surface area is 139 Å². The summed E-state index contributed by atoms with van der Waals surface area (Å²) in [5, 5.41) is 2.61. The summed E-state index contributed by atoms with van der Waals surface area (Å²) in [6, 6.07) is 6.47. The highest BCUT2D eigenvalue weighted by molar-refractivity contribution is 5.95. The first-order valence-electron chi connectivity index (χ1n) is 8.03. The van der Waals surface area contributed by atoms with Crippen LogP contribution in [-0.2, 0) is 4.79 Å². The van der Waals surface area contributed by atoms with Crippen molar-refractivity contribution in [1.82, 2.24) is 10.2 Å². The average molecular weight is 338 g/mol. The third-order valence-corrected chi connectivity index (χ3v) is 4.56. The van der Waals surface area contributed by atoms with Crippen LogP contribution in [0.3, 0.4) is 0 Å². The topological polar surface area (TPSA) is 58.6 Å². The summed E-state index contributed by atoms with van der Waals surface area (Å²) in [5.74, 6) is -3.45. The Bertz CT molecular complexity index is 665. The molecule has 2 heterocycles.